The van der Waals surface area contributed by atoms with Gasteiger partial charge in [-0.05, 0) is 36.4 Å². The van der Waals surface area contributed by atoms with E-state index in [1.54, 1.807) is 0 Å². The van der Waals surface area contributed by atoms with Crippen LogP contribution in [0.3, 0.4) is 0 Å². The molecule has 0 bridgehead atoms. The molecule has 0 spiro atoms. The Kier molecular flexibility index (Phi) is 12.1. The molecule has 14 nitrogen and oxygen atoms in total. The van der Waals surface area contributed by atoms with Gasteiger partial charge in [0.05, 0.1) is 10.6 Å². The van der Waals surface area contributed by atoms with Crippen LogP contribution >= 0.6 is 11.6 Å². The molecule has 0 saturated carbocycles. The van der Waals surface area contributed by atoms with E-state index in [0.29, 0.717) is 6.07 Å². The number of hydrogen-bond donors (Lipinski definition) is 5. The van der Waals surface area contributed by atoms with E-state index in [0.717, 1.165) is 12.1 Å². The zero-order chi connectivity index (χ0) is 26.8. The summed E-state index contributed by atoms with van der Waals surface area (Å²) in [6.07, 6.45) is -1.41. The smallest absolute Gasteiger partial charge is 0.316 e. The van der Waals surface area contributed by atoms with Gasteiger partial charge in [-0.15, -0.1) is 10.2 Å². The summed E-state index contributed by atoms with van der Waals surface area (Å²) < 4.78 is 91.3. The van der Waals surface area contributed by atoms with E-state index in [1.807, 2.05) is 0 Å². The maximum atomic E-state index is 13.6. The maximum Gasteiger partial charge on any atom is 0.316 e. The van der Waals surface area contributed by atoms with E-state index in [1.165, 1.54) is 18.2 Å². The molecule has 0 fully saturated rings. The number of primary amides is 1. The Morgan fingerprint density at radius 2 is 1.55 bits per heavy atom. The molecule has 1 heterocycles. The number of hydrogen-bond acceptors (Lipinski definition) is 10. The average molecular weight is 610 g/mol. The SMILES string of the molecule is NC(=O)Nc1cc(Nc2nc(F)nc(F)c2Cl)ccc1N=Nc1ccc(S(=O)(=O)O)cc1S(=O)(=O)O.[Na].[Na]. The largest absolute Gasteiger partial charge is 0.351 e. The summed E-state index contributed by atoms with van der Waals surface area (Å²) in [6.45, 7) is 0. The van der Waals surface area contributed by atoms with E-state index in [2.05, 4.69) is 30.8 Å². The number of azo groups is 1. The van der Waals surface area contributed by atoms with Crippen LogP contribution in [0.4, 0.5) is 42.1 Å². The predicted octanol–water partition coefficient (Wildman–Crippen LogP) is 2.79. The van der Waals surface area contributed by atoms with Gasteiger partial charge in [0, 0.05) is 64.8 Å². The first kappa shape index (κ1) is 34.2. The molecule has 192 valence electrons. The minimum absolute atomic E-state index is 0. The van der Waals surface area contributed by atoms with E-state index in [-0.39, 0.29) is 76.2 Å². The second-order valence-electron chi connectivity index (χ2n) is 6.57. The van der Waals surface area contributed by atoms with Crippen LogP contribution in [-0.2, 0) is 20.2 Å². The minimum Gasteiger partial charge on any atom is -0.351 e. The Morgan fingerprint density at radius 3 is 2.13 bits per heavy atom. The molecule has 1 aromatic heterocycles. The number of nitrogens with two attached hydrogens (primary N) is 1. The summed E-state index contributed by atoms with van der Waals surface area (Å²) in [6, 6.07) is 4.71. The van der Waals surface area contributed by atoms with Crippen molar-refractivity contribution < 1.29 is 39.5 Å². The number of amides is 2. The molecule has 0 unspecified atom stereocenters. The van der Waals surface area contributed by atoms with Crippen molar-refractivity contribution in [3.63, 3.8) is 0 Å². The van der Waals surface area contributed by atoms with Gasteiger partial charge in [0.2, 0.25) is 5.95 Å². The number of nitrogens with zero attached hydrogens (tertiary/aromatic N) is 4. The predicted molar refractivity (Wildman–Crippen MR) is 132 cm³/mol. The minimum atomic E-state index is -5.02. The molecule has 21 heteroatoms. The molecular formula is C17H12ClF2N7Na2O7S2. The molecule has 0 saturated heterocycles. The van der Waals surface area contributed by atoms with Gasteiger partial charge in [-0.25, -0.2) is 4.79 Å². The Morgan fingerprint density at radius 1 is 0.947 bits per heavy atom. The molecule has 3 rings (SSSR count). The van der Waals surface area contributed by atoms with Crippen molar-refractivity contribution in [2.45, 2.75) is 9.79 Å². The van der Waals surface area contributed by atoms with Crippen molar-refractivity contribution in [1.29, 1.82) is 0 Å². The van der Waals surface area contributed by atoms with Crippen LogP contribution in [0.1, 0.15) is 0 Å². The van der Waals surface area contributed by atoms with E-state index in [4.69, 9.17) is 21.9 Å². The number of rotatable bonds is 7. The molecule has 0 atom stereocenters. The topological polar surface area (TPSA) is 226 Å². The quantitative estimate of drug-likeness (QED) is 0.0865. The molecule has 3 aromatic rings. The molecule has 2 amide bonds. The van der Waals surface area contributed by atoms with Gasteiger partial charge in [0.1, 0.15) is 21.3 Å². The first-order valence-electron chi connectivity index (χ1n) is 9.02. The molecule has 2 radical (unpaired) electrons. The zero-order valence-corrected chi connectivity index (χ0v) is 25.6. The summed E-state index contributed by atoms with van der Waals surface area (Å²) >= 11 is 5.70. The second-order valence-corrected chi connectivity index (χ2v) is 9.76. The van der Waals surface area contributed by atoms with E-state index in [9.17, 15) is 35.0 Å². The van der Waals surface area contributed by atoms with Crippen LogP contribution in [0.15, 0.2) is 56.4 Å². The number of aromatic nitrogens is 2. The number of halogens is 3. The number of carbonyl (C=O) groups excluding carboxylic acids is 1. The summed E-state index contributed by atoms with van der Waals surface area (Å²) in [5.74, 6) is -1.78. The first-order chi connectivity index (χ1) is 16.6. The first-order valence-corrected chi connectivity index (χ1v) is 12.3. The van der Waals surface area contributed by atoms with Gasteiger partial charge in [0.25, 0.3) is 20.2 Å². The second kappa shape index (κ2) is 13.5. The van der Waals surface area contributed by atoms with Gasteiger partial charge >= 0.3 is 12.1 Å². The molecule has 38 heavy (non-hydrogen) atoms. The zero-order valence-electron chi connectivity index (χ0n) is 19.2. The summed E-state index contributed by atoms with van der Waals surface area (Å²) in [4.78, 5) is 15.7. The normalized spacial score (nSPS) is 11.4. The average Bonchev–Trinajstić information content (AvgIpc) is 2.75. The third kappa shape index (κ3) is 8.85. The van der Waals surface area contributed by atoms with Crippen molar-refractivity contribution in [2.24, 2.45) is 16.0 Å². The third-order valence-electron chi connectivity index (χ3n) is 4.07. The Labute approximate surface area is 262 Å². The van der Waals surface area contributed by atoms with Crippen molar-refractivity contribution in [1.82, 2.24) is 9.97 Å². The van der Waals surface area contributed by atoms with E-state index < -0.39 is 64.6 Å². The summed E-state index contributed by atoms with van der Waals surface area (Å²) in [5.41, 5.74) is 4.41. The number of urea groups is 1. The fourth-order valence-electron chi connectivity index (χ4n) is 2.60. The van der Waals surface area contributed by atoms with Crippen LogP contribution in [-0.4, -0.2) is 101 Å². The molecule has 2 aromatic carbocycles. The standard InChI is InChI=1S/C17H12ClF2N7O7S2.2Na/c18-13-14(19)24-16(20)25-15(13)22-7-1-3-9(11(5-7)23-17(21)28)26-27-10-4-2-8(35(29,30)31)6-12(10)36(32,33)34;;/h1-6H,(H3,21,23,28)(H,22,24,25)(H,29,30,31)(H,32,33,34);;. The Hall–Kier alpha value is -1.84. The van der Waals surface area contributed by atoms with Gasteiger partial charge in [-0.3, -0.25) is 9.11 Å². The molecule has 6 N–H and O–H groups in total. The molecule has 0 aliphatic carbocycles. The van der Waals surface area contributed by atoms with Crippen LogP contribution < -0.4 is 16.4 Å². The van der Waals surface area contributed by atoms with Crippen molar-refractivity contribution in [3.05, 3.63) is 53.4 Å². The van der Waals surface area contributed by atoms with Gasteiger partial charge in [-0.1, -0.05) is 11.6 Å². The summed E-state index contributed by atoms with van der Waals surface area (Å²) in [5, 5.41) is 11.5. The number of anilines is 3. The fourth-order valence-corrected chi connectivity index (χ4v) is 3.96. The van der Waals surface area contributed by atoms with Crippen LogP contribution in [0.5, 0.6) is 0 Å². The number of nitrogens with one attached hydrogen (secondary N) is 2. The summed E-state index contributed by atoms with van der Waals surface area (Å²) in [7, 11) is -9.83. The Bertz CT molecular complexity index is 1630. The van der Waals surface area contributed by atoms with Crippen LogP contribution in [0.2, 0.25) is 5.02 Å². The van der Waals surface area contributed by atoms with Crippen molar-refractivity contribution in [3.8, 4) is 0 Å². The molecule has 0 aliphatic heterocycles. The monoisotopic (exact) mass is 609 g/mol. The molecular weight excluding hydrogens is 598 g/mol. The van der Waals surface area contributed by atoms with Crippen LogP contribution in [0, 0.1) is 12.0 Å². The van der Waals surface area contributed by atoms with Gasteiger partial charge < -0.3 is 16.4 Å². The van der Waals surface area contributed by atoms with Gasteiger partial charge in [0.15, 0.2) is 5.82 Å². The van der Waals surface area contributed by atoms with E-state index >= 15 is 0 Å². The Balaban J connectivity index is 0.00000361. The fraction of sp³-hybridized carbons (Fsp3) is 0. The van der Waals surface area contributed by atoms with Gasteiger partial charge in [-0.2, -0.15) is 35.6 Å². The number of benzene rings is 2. The number of carbonyl (C=O) groups is 1. The maximum absolute atomic E-state index is 13.6. The van der Waals surface area contributed by atoms with Crippen molar-refractivity contribution >= 4 is 126 Å². The van der Waals surface area contributed by atoms with Crippen molar-refractivity contribution in [2.75, 3.05) is 10.6 Å². The molecule has 0 aliphatic rings. The van der Waals surface area contributed by atoms with Crippen LogP contribution in [0.25, 0.3) is 0 Å². The third-order valence-corrected chi connectivity index (χ3v) is 6.14.